The van der Waals surface area contributed by atoms with Crippen LogP contribution in [0.15, 0.2) is 18.2 Å². The summed E-state index contributed by atoms with van der Waals surface area (Å²) in [6.45, 7) is 3.01. The number of nitrogens with one attached hydrogen (secondary N) is 1. The number of nitro benzene ring substituents is 1. The van der Waals surface area contributed by atoms with E-state index in [0.29, 0.717) is 31.0 Å². The molecule has 0 aliphatic heterocycles. The number of anilines is 2. The summed E-state index contributed by atoms with van der Waals surface area (Å²) in [5.41, 5.74) is 1.23. The molecule has 0 saturated heterocycles. The predicted molar refractivity (Wildman–Crippen MR) is 73.6 cm³/mol. The molecule has 0 bridgehead atoms. The molecule has 0 atom stereocenters. The number of benzene rings is 1. The van der Waals surface area contributed by atoms with Crippen molar-refractivity contribution in [2.24, 2.45) is 0 Å². The Morgan fingerprint density at radius 2 is 1.89 bits per heavy atom. The highest BCUT2D eigenvalue weighted by atomic mass is 16.6. The number of hydrogen-bond donors (Lipinski definition) is 3. The van der Waals surface area contributed by atoms with E-state index in [-0.39, 0.29) is 18.9 Å². The van der Waals surface area contributed by atoms with Crippen LogP contribution in [0.2, 0.25) is 0 Å². The first-order chi connectivity index (χ1) is 9.12. The average molecular weight is 269 g/mol. The fourth-order valence-corrected chi connectivity index (χ4v) is 1.80. The molecule has 0 heterocycles. The topological polar surface area (TPSA) is 98.9 Å². The van der Waals surface area contributed by atoms with Gasteiger partial charge < -0.3 is 20.4 Å². The third kappa shape index (κ3) is 4.38. The van der Waals surface area contributed by atoms with E-state index < -0.39 is 4.92 Å². The fraction of sp³-hybridized carbons (Fsp3) is 0.500. The number of aliphatic hydroxyl groups excluding tert-OH is 2. The standard InChI is InChI=1S/C12H19N3O4/c1-2-13-10-7-11(9-12(8-10)15(18)19)14(3-5-16)4-6-17/h7-9,13,16-17H,2-6H2,1H3. The van der Waals surface area contributed by atoms with Gasteiger partial charge in [0.15, 0.2) is 0 Å². The molecule has 0 fully saturated rings. The molecule has 7 nitrogen and oxygen atoms in total. The lowest BCUT2D eigenvalue weighted by Gasteiger charge is -2.23. The van der Waals surface area contributed by atoms with E-state index in [1.165, 1.54) is 12.1 Å². The molecule has 0 saturated carbocycles. The predicted octanol–water partition coefficient (Wildman–Crippen LogP) is 0.818. The van der Waals surface area contributed by atoms with Crippen molar-refractivity contribution in [3.63, 3.8) is 0 Å². The van der Waals surface area contributed by atoms with Crippen molar-refractivity contribution in [3.05, 3.63) is 28.3 Å². The summed E-state index contributed by atoms with van der Waals surface area (Å²) in [6, 6.07) is 4.66. The Morgan fingerprint density at radius 3 is 2.37 bits per heavy atom. The van der Waals surface area contributed by atoms with Gasteiger partial charge in [-0.25, -0.2) is 0 Å². The number of hydrogen-bond acceptors (Lipinski definition) is 6. The first-order valence-electron chi connectivity index (χ1n) is 6.12. The van der Waals surface area contributed by atoms with Gasteiger partial charge in [0.25, 0.3) is 5.69 Å². The molecular formula is C12H19N3O4. The normalized spacial score (nSPS) is 10.3. The van der Waals surface area contributed by atoms with Crippen molar-refractivity contribution in [1.82, 2.24) is 0 Å². The molecule has 0 aromatic heterocycles. The third-order valence-electron chi connectivity index (χ3n) is 2.60. The van der Waals surface area contributed by atoms with Crippen LogP contribution in [0.4, 0.5) is 17.1 Å². The zero-order valence-electron chi connectivity index (χ0n) is 10.9. The molecule has 0 unspecified atom stereocenters. The molecule has 7 heteroatoms. The number of rotatable bonds is 8. The van der Waals surface area contributed by atoms with E-state index >= 15 is 0 Å². The summed E-state index contributed by atoms with van der Waals surface area (Å²) in [7, 11) is 0. The highest BCUT2D eigenvalue weighted by molar-refractivity contribution is 5.64. The molecule has 0 spiro atoms. The first-order valence-corrected chi connectivity index (χ1v) is 6.12. The van der Waals surface area contributed by atoms with Gasteiger partial charge in [-0.1, -0.05) is 0 Å². The Hall–Kier alpha value is -1.86. The summed E-state index contributed by atoms with van der Waals surface area (Å²) in [4.78, 5) is 12.2. The molecule has 0 aliphatic rings. The summed E-state index contributed by atoms with van der Waals surface area (Å²) in [6.07, 6.45) is 0. The first kappa shape index (κ1) is 15.2. The molecule has 19 heavy (non-hydrogen) atoms. The lowest BCUT2D eigenvalue weighted by atomic mass is 10.2. The van der Waals surface area contributed by atoms with Gasteiger partial charge >= 0.3 is 0 Å². The summed E-state index contributed by atoms with van der Waals surface area (Å²) < 4.78 is 0. The van der Waals surface area contributed by atoms with E-state index in [1.54, 1.807) is 11.0 Å². The average Bonchev–Trinajstić information content (AvgIpc) is 2.38. The van der Waals surface area contributed by atoms with Crippen LogP contribution < -0.4 is 10.2 Å². The van der Waals surface area contributed by atoms with Gasteiger partial charge in [0.05, 0.1) is 18.1 Å². The number of nitro groups is 1. The molecular weight excluding hydrogens is 250 g/mol. The highest BCUT2D eigenvalue weighted by Gasteiger charge is 2.13. The van der Waals surface area contributed by atoms with Crippen LogP contribution in [-0.2, 0) is 0 Å². The van der Waals surface area contributed by atoms with Crippen LogP contribution in [-0.4, -0.2) is 48.0 Å². The van der Waals surface area contributed by atoms with Gasteiger partial charge in [-0.3, -0.25) is 10.1 Å². The Labute approximate surface area is 111 Å². The summed E-state index contributed by atoms with van der Waals surface area (Å²) in [5, 5.41) is 31.9. The van der Waals surface area contributed by atoms with E-state index in [2.05, 4.69) is 5.32 Å². The van der Waals surface area contributed by atoms with Crippen molar-refractivity contribution >= 4 is 17.1 Å². The molecule has 1 rings (SSSR count). The zero-order chi connectivity index (χ0) is 14.3. The summed E-state index contributed by atoms with van der Waals surface area (Å²) in [5.74, 6) is 0. The van der Waals surface area contributed by atoms with Crippen LogP contribution in [0.25, 0.3) is 0 Å². The van der Waals surface area contributed by atoms with E-state index in [0.717, 1.165) is 0 Å². The number of nitrogens with zero attached hydrogens (tertiary/aromatic N) is 2. The minimum absolute atomic E-state index is 0.0191. The zero-order valence-corrected chi connectivity index (χ0v) is 10.9. The van der Waals surface area contributed by atoms with Crippen LogP contribution in [0, 0.1) is 10.1 Å². The van der Waals surface area contributed by atoms with Gasteiger partial charge in [0, 0.05) is 43.1 Å². The largest absolute Gasteiger partial charge is 0.395 e. The number of non-ortho nitro benzene ring substituents is 1. The smallest absolute Gasteiger partial charge is 0.273 e. The van der Waals surface area contributed by atoms with Crippen molar-refractivity contribution in [3.8, 4) is 0 Å². The quantitative estimate of drug-likeness (QED) is 0.477. The minimum Gasteiger partial charge on any atom is -0.395 e. The second-order valence-corrected chi connectivity index (χ2v) is 3.96. The maximum atomic E-state index is 10.9. The van der Waals surface area contributed by atoms with E-state index in [1.807, 2.05) is 6.92 Å². The molecule has 1 aromatic carbocycles. The highest BCUT2D eigenvalue weighted by Crippen LogP contribution is 2.26. The second-order valence-electron chi connectivity index (χ2n) is 3.96. The Kier molecular flexibility index (Phi) is 6.04. The molecule has 0 amide bonds. The van der Waals surface area contributed by atoms with Crippen molar-refractivity contribution < 1.29 is 15.1 Å². The van der Waals surface area contributed by atoms with Crippen molar-refractivity contribution in [2.45, 2.75) is 6.92 Å². The monoisotopic (exact) mass is 269 g/mol. The number of aliphatic hydroxyl groups is 2. The van der Waals surface area contributed by atoms with E-state index in [4.69, 9.17) is 10.2 Å². The van der Waals surface area contributed by atoms with Gasteiger partial charge in [-0.15, -0.1) is 0 Å². The Morgan fingerprint density at radius 1 is 1.26 bits per heavy atom. The lowest BCUT2D eigenvalue weighted by molar-refractivity contribution is -0.384. The van der Waals surface area contributed by atoms with E-state index in [9.17, 15) is 10.1 Å². The van der Waals surface area contributed by atoms with Gasteiger partial charge in [0.1, 0.15) is 0 Å². The SMILES string of the molecule is CCNc1cc(N(CCO)CCO)cc([N+](=O)[O-])c1. The molecule has 1 aromatic rings. The lowest BCUT2D eigenvalue weighted by Crippen LogP contribution is -2.29. The Bertz CT molecular complexity index is 419. The molecule has 0 aliphatic carbocycles. The van der Waals surface area contributed by atoms with Crippen LogP contribution in [0.5, 0.6) is 0 Å². The van der Waals surface area contributed by atoms with Crippen LogP contribution in [0.3, 0.4) is 0 Å². The Balaban J connectivity index is 3.11. The van der Waals surface area contributed by atoms with Gasteiger partial charge in [-0.2, -0.15) is 0 Å². The maximum absolute atomic E-state index is 10.9. The van der Waals surface area contributed by atoms with Gasteiger partial charge in [0.2, 0.25) is 0 Å². The summed E-state index contributed by atoms with van der Waals surface area (Å²) >= 11 is 0. The van der Waals surface area contributed by atoms with Crippen molar-refractivity contribution in [2.75, 3.05) is 43.1 Å². The minimum atomic E-state index is -0.458. The molecule has 3 N–H and O–H groups in total. The van der Waals surface area contributed by atoms with Crippen LogP contribution in [0.1, 0.15) is 6.92 Å². The van der Waals surface area contributed by atoms with Crippen molar-refractivity contribution in [1.29, 1.82) is 0 Å². The second kappa shape index (κ2) is 7.55. The van der Waals surface area contributed by atoms with Crippen LogP contribution >= 0.6 is 0 Å². The molecule has 0 radical (unpaired) electrons. The molecule has 106 valence electrons. The maximum Gasteiger partial charge on any atom is 0.273 e. The third-order valence-corrected chi connectivity index (χ3v) is 2.60. The van der Waals surface area contributed by atoms with Gasteiger partial charge in [-0.05, 0) is 13.0 Å². The fourth-order valence-electron chi connectivity index (χ4n) is 1.80.